The monoisotopic (exact) mass is 396 g/mol. The highest BCUT2D eigenvalue weighted by Gasteiger charge is 2.28. The Balaban J connectivity index is 1.96. The fourth-order valence-electron chi connectivity index (χ4n) is 2.49. The molecule has 2 nitrogen and oxygen atoms in total. The predicted molar refractivity (Wildman–Crippen MR) is 86.0 cm³/mol. The van der Waals surface area contributed by atoms with Gasteiger partial charge in [0.1, 0.15) is 11.9 Å². The Morgan fingerprint density at radius 2 is 1.95 bits per heavy atom. The van der Waals surface area contributed by atoms with Gasteiger partial charge in [-0.25, -0.2) is 0 Å². The van der Waals surface area contributed by atoms with Crippen LogP contribution in [0.2, 0.25) is 0 Å². The van der Waals surface area contributed by atoms with Gasteiger partial charge in [-0.05, 0) is 36.2 Å². The van der Waals surface area contributed by atoms with Crippen LogP contribution in [-0.2, 0) is 0 Å². The van der Waals surface area contributed by atoms with Gasteiger partial charge < -0.3 is 9.84 Å². The molecule has 0 amide bonds. The summed E-state index contributed by atoms with van der Waals surface area (Å²) in [7, 11) is 0. The molecule has 2 aromatic rings. The summed E-state index contributed by atoms with van der Waals surface area (Å²) in [6.45, 7) is 2.05. The second kappa shape index (κ2) is 5.51. The van der Waals surface area contributed by atoms with Crippen molar-refractivity contribution in [1.29, 1.82) is 0 Å². The molecule has 3 rings (SSSR count). The van der Waals surface area contributed by atoms with Crippen molar-refractivity contribution in [3.05, 3.63) is 62.0 Å². The maximum Gasteiger partial charge on any atom is 0.127 e. The summed E-state index contributed by atoms with van der Waals surface area (Å²) in [5.74, 6) is 0.753. The minimum atomic E-state index is -0.485. The fourth-order valence-corrected chi connectivity index (χ4v) is 3.08. The molecule has 1 heterocycles. The minimum absolute atomic E-state index is 0.112. The number of ether oxygens (including phenoxy) is 1. The molecule has 2 unspecified atom stereocenters. The summed E-state index contributed by atoms with van der Waals surface area (Å²) >= 11 is 6.94. The predicted octanol–water partition coefficient (Wildman–Crippen LogP) is 5.08. The number of halogens is 2. The number of rotatable bonds is 1. The normalized spacial score (nSPS) is 21.2. The third kappa shape index (κ3) is 2.65. The van der Waals surface area contributed by atoms with Crippen molar-refractivity contribution >= 4 is 31.9 Å². The van der Waals surface area contributed by atoms with Gasteiger partial charge >= 0.3 is 0 Å². The average molecular weight is 398 g/mol. The maximum atomic E-state index is 10.3. The van der Waals surface area contributed by atoms with E-state index in [1.165, 1.54) is 5.56 Å². The molecule has 0 spiro atoms. The molecular formula is C16H14Br2O2. The molecule has 1 aliphatic heterocycles. The van der Waals surface area contributed by atoms with Crippen LogP contribution in [0.1, 0.15) is 35.3 Å². The standard InChI is InChI=1S/C16H14Br2O2/c1-9-6-10(2-5-13(9)18)15-8-14(19)12-4-3-11(17)7-16(12)20-15/h2-7,14-15,19H,8H2,1H3. The average Bonchev–Trinajstić information content (AvgIpc) is 2.41. The van der Waals surface area contributed by atoms with Crippen molar-refractivity contribution in [3.63, 3.8) is 0 Å². The molecule has 4 heteroatoms. The van der Waals surface area contributed by atoms with Crippen LogP contribution in [0.4, 0.5) is 0 Å². The molecular weight excluding hydrogens is 384 g/mol. The quantitative estimate of drug-likeness (QED) is 0.727. The van der Waals surface area contributed by atoms with E-state index in [9.17, 15) is 5.11 Å². The second-order valence-corrected chi connectivity index (χ2v) is 6.82. The van der Waals surface area contributed by atoms with E-state index < -0.39 is 6.10 Å². The number of benzene rings is 2. The summed E-state index contributed by atoms with van der Waals surface area (Å²) in [6.07, 6.45) is -0.0187. The summed E-state index contributed by atoms with van der Waals surface area (Å²) in [5.41, 5.74) is 3.12. The molecule has 0 aliphatic carbocycles. The highest BCUT2D eigenvalue weighted by Crippen LogP contribution is 2.42. The van der Waals surface area contributed by atoms with E-state index in [-0.39, 0.29) is 6.10 Å². The maximum absolute atomic E-state index is 10.3. The third-order valence-electron chi connectivity index (χ3n) is 3.59. The first kappa shape index (κ1) is 14.1. The number of aryl methyl sites for hydroxylation is 1. The summed E-state index contributed by atoms with van der Waals surface area (Å²) in [4.78, 5) is 0. The Bertz CT molecular complexity index is 655. The van der Waals surface area contributed by atoms with E-state index in [0.717, 1.165) is 25.8 Å². The molecule has 0 bridgehead atoms. The zero-order valence-corrected chi connectivity index (χ0v) is 14.1. The topological polar surface area (TPSA) is 29.5 Å². The van der Waals surface area contributed by atoms with Crippen molar-refractivity contribution < 1.29 is 9.84 Å². The van der Waals surface area contributed by atoms with E-state index in [0.29, 0.717) is 6.42 Å². The largest absolute Gasteiger partial charge is 0.485 e. The van der Waals surface area contributed by atoms with E-state index in [1.807, 2.05) is 30.3 Å². The van der Waals surface area contributed by atoms with Gasteiger partial charge in [0.25, 0.3) is 0 Å². The molecule has 2 aromatic carbocycles. The van der Waals surface area contributed by atoms with Crippen molar-refractivity contribution in [1.82, 2.24) is 0 Å². The van der Waals surface area contributed by atoms with Crippen LogP contribution in [0.15, 0.2) is 45.3 Å². The van der Waals surface area contributed by atoms with Gasteiger partial charge in [-0.1, -0.05) is 50.1 Å². The van der Waals surface area contributed by atoms with Crippen LogP contribution < -0.4 is 4.74 Å². The lowest BCUT2D eigenvalue weighted by Gasteiger charge is -2.30. The highest BCUT2D eigenvalue weighted by atomic mass is 79.9. The number of aliphatic hydroxyl groups excluding tert-OH is 1. The number of aliphatic hydroxyl groups is 1. The van der Waals surface area contributed by atoms with Crippen LogP contribution in [-0.4, -0.2) is 5.11 Å². The third-order valence-corrected chi connectivity index (χ3v) is 4.98. The molecule has 1 N–H and O–H groups in total. The number of fused-ring (bicyclic) bond motifs is 1. The molecule has 0 aromatic heterocycles. The van der Waals surface area contributed by atoms with Crippen molar-refractivity contribution in [2.75, 3.05) is 0 Å². The highest BCUT2D eigenvalue weighted by molar-refractivity contribution is 9.10. The molecule has 20 heavy (non-hydrogen) atoms. The Labute approximate surface area is 135 Å². The molecule has 0 saturated heterocycles. The van der Waals surface area contributed by atoms with Crippen LogP contribution in [0.5, 0.6) is 5.75 Å². The SMILES string of the molecule is Cc1cc(C2CC(O)c3ccc(Br)cc3O2)ccc1Br. The number of hydrogen-bond donors (Lipinski definition) is 1. The first-order valence-electron chi connectivity index (χ1n) is 6.45. The van der Waals surface area contributed by atoms with Gasteiger partial charge in [-0.3, -0.25) is 0 Å². The van der Waals surface area contributed by atoms with Gasteiger partial charge in [0.15, 0.2) is 0 Å². The molecule has 0 radical (unpaired) electrons. The molecule has 1 aliphatic rings. The molecule has 0 fully saturated rings. The Morgan fingerprint density at radius 3 is 2.70 bits per heavy atom. The lowest BCUT2D eigenvalue weighted by Crippen LogP contribution is -2.19. The van der Waals surface area contributed by atoms with E-state index in [4.69, 9.17) is 4.74 Å². The first-order valence-corrected chi connectivity index (χ1v) is 8.03. The van der Waals surface area contributed by atoms with Gasteiger partial charge in [0.2, 0.25) is 0 Å². The van der Waals surface area contributed by atoms with Crippen LogP contribution >= 0.6 is 31.9 Å². The number of hydrogen-bond acceptors (Lipinski definition) is 2. The summed E-state index contributed by atoms with van der Waals surface area (Å²) in [6, 6.07) is 11.9. The second-order valence-electron chi connectivity index (χ2n) is 5.05. The first-order chi connectivity index (χ1) is 9.54. The van der Waals surface area contributed by atoms with Crippen molar-refractivity contribution in [2.24, 2.45) is 0 Å². The van der Waals surface area contributed by atoms with Crippen LogP contribution in [0.3, 0.4) is 0 Å². The van der Waals surface area contributed by atoms with Gasteiger partial charge in [0.05, 0.1) is 6.10 Å². The minimum Gasteiger partial charge on any atom is -0.485 e. The van der Waals surface area contributed by atoms with Crippen molar-refractivity contribution in [3.8, 4) is 5.75 Å². The van der Waals surface area contributed by atoms with E-state index in [2.05, 4.69) is 44.8 Å². The summed E-state index contributed by atoms with van der Waals surface area (Å²) in [5, 5.41) is 10.3. The smallest absolute Gasteiger partial charge is 0.127 e. The molecule has 104 valence electrons. The Hall–Kier alpha value is -0.840. The fraction of sp³-hybridized carbons (Fsp3) is 0.250. The van der Waals surface area contributed by atoms with Gasteiger partial charge in [0, 0.05) is 20.9 Å². The Morgan fingerprint density at radius 1 is 1.15 bits per heavy atom. The van der Waals surface area contributed by atoms with Crippen LogP contribution in [0, 0.1) is 6.92 Å². The zero-order chi connectivity index (χ0) is 14.3. The lowest BCUT2D eigenvalue weighted by atomic mass is 9.94. The zero-order valence-electron chi connectivity index (χ0n) is 10.9. The van der Waals surface area contributed by atoms with E-state index >= 15 is 0 Å². The summed E-state index contributed by atoms with van der Waals surface area (Å²) < 4.78 is 8.10. The Kier molecular flexibility index (Phi) is 3.89. The van der Waals surface area contributed by atoms with Crippen molar-refractivity contribution in [2.45, 2.75) is 25.6 Å². The van der Waals surface area contributed by atoms with Gasteiger partial charge in [-0.2, -0.15) is 0 Å². The van der Waals surface area contributed by atoms with Crippen LogP contribution in [0.25, 0.3) is 0 Å². The molecule has 2 atom stereocenters. The van der Waals surface area contributed by atoms with E-state index in [1.54, 1.807) is 0 Å². The lowest BCUT2D eigenvalue weighted by molar-refractivity contribution is 0.0656. The molecule has 0 saturated carbocycles. The van der Waals surface area contributed by atoms with Gasteiger partial charge in [-0.15, -0.1) is 0 Å².